The van der Waals surface area contributed by atoms with Crippen molar-refractivity contribution < 1.29 is 19.3 Å². The minimum absolute atomic E-state index is 0.156. The Labute approximate surface area is 164 Å². The molecule has 1 unspecified atom stereocenters. The Morgan fingerprint density at radius 2 is 1.93 bits per heavy atom. The number of nitrogens with zero attached hydrogens (tertiary/aromatic N) is 1. The van der Waals surface area contributed by atoms with Crippen LogP contribution in [0.5, 0.6) is 5.75 Å². The topological polar surface area (TPSA) is 52.9 Å². The first-order valence-electron chi connectivity index (χ1n) is 9.24. The zero-order chi connectivity index (χ0) is 19.2. The maximum atomic E-state index is 13.5. The highest BCUT2D eigenvalue weighted by Gasteiger charge is 2.20. The summed E-state index contributed by atoms with van der Waals surface area (Å²) in [5.74, 6) is 0.609. The quantitative estimate of drug-likeness (QED) is 0.754. The Morgan fingerprint density at radius 1 is 1.15 bits per heavy atom. The van der Waals surface area contributed by atoms with Crippen molar-refractivity contribution in [1.29, 1.82) is 0 Å². The van der Waals surface area contributed by atoms with E-state index < -0.39 is 6.10 Å². The minimum Gasteiger partial charge on any atom is -0.491 e. The van der Waals surface area contributed by atoms with Gasteiger partial charge in [0.05, 0.1) is 0 Å². The molecule has 27 heavy (non-hydrogen) atoms. The van der Waals surface area contributed by atoms with Crippen LogP contribution in [0.4, 0.5) is 4.39 Å². The smallest absolute Gasteiger partial charge is 0.123 e. The highest BCUT2D eigenvalue weighted by atomic mass is 35.5. The van der Waals surface area contributed by atoms with Gasteiger partial charge in [-0.15, -0.1) is 0 Å². The van der Waals surface area contributed by atoms with Crippen LogP contribution in [0.1, 0.15) is 12.8 Å². The Bertz CT molecular complexity index is 750. The number of piperidine rings is 1. The standard InChI is InChI=1S/C21H25ClFNO3/c22-18-8-17(16-2-1-3-19(23)9-16)10-21(11-18)27-14-20(26)12-24-6-4-15(13-25)5-7-24/h1-3,8-11,15,20,25-26H,4-7,12-14H2. The molecule has 2 N–H and O–H groups in total. The van der Waals surface area contributed by atoms with Crippen LogP contribution in [-0.2, 0) is 0 Å². The van der Waals surface area contributed by atoms with Crippen LogP contribution in [0, 0.1) is 11.7 Å². The first kappa shape index (κ1) is 20.1. The van der Waals surface area contributed by atoms with Gasteiger partial charge in [-0.05, 0) is 73.3 Å². The van der Waals surface area contributed by atoms with Gasteiger partial charge in [0, 0.05) is 18.2 Å². The van der Waals surface area contributed by atoms with Gasteiger partial charge < -0.3 is 19.8 Å². The number of rotatable bonds is 7. The van der Waals surface area contributed by atoms with Gasteiger partial charge in [0.2, 0.25) is 0 Å². The van der Waals surface area contributed by atoms with Crippen molar-refractivity contribution in [2.24, 2.45) is 5.92 Å². The van der Waals surface area contributed by atoms with Gasteiger partial charge in [0.15, 0.2) is 0 Å². The van der Waals surface area contributed by atoms with E-state index in [0.29, 0.717) is 23.2 Å². The van der Waals surface area contributed by atoms with Crippen LogP contribution in [0.3, 0.4) is 0 Å². The molecule has 0 spiro atoms. The van der Waals surface area contributed by atoms with Gasteiger partial charge in [0.25, 0.3) is 0 Å². The number of ether oxygens (including phenoxy) is 1. The molecule has 0 aromatic heterocycles. The number of likely N-dealkylation sites (tertiary alicyclic amines) is 1. The van der Waals surface area contributed by atoms with E-state index >= 15 is 0 Å². The number of benzene rings is 2. The zero-order valence-electron chi connectivity index (χ0n) is 15.2. The summed E-state index contributed by atoms with van der Waals surface area (Å²) >= 11 is 6.17. The molecule has 3 rings (SSSR count). The number of hydrogen-bond donors (Lipinski definition) is 2. The number of aliphatic hydroxyl groups is 2. The predicted octanol–water partition coefficient (Wildman–Crippen LogP) is 3.59. The molecule has 0 aliphatic carbocycles. The molecule has 2 aromatic carbocycles. The average Bonchev–Trinajstić information content (AvgIpc) is 2.66. The van der Waals surface area contributed by atoms with Crippen molar-refractivity contribution in [3.63, 3.8) is 0 Å². The molecule has 0 amide bonds. The summed E-state index contributed by atoms with van der Waals surface area (Å²) in [5, 5.41) is 20.0. The minimum atomic E-state index is -0.618. The molecule has 1 aliphatic heterocycles. The van der Waals surface area contributed by atoms with Crippen LogP contribution in [-0.4, -0.2) is 54.1 Å². The monoisotopic (exact) mass is 393 g/mol. The van der Waals surface area contributed by atoms with Crippen molar-refractivity contribution in [3.8, 4) is 16.9 Å². The Hall–Kier alpha value is -1.66. The van der Waals surface area contributed by atoms with Crippen molar-refractivity contribution in [1.82, 2.24) is 4.90 Å². The lowest BCUT2D eigenvalue weighted by atomic mass is 9.98. The molecule has 1 atom stereocenters. The molecule has 4 nitrogen and oxygen atoms in total. The van der Waals surface area contributed by atoms with E-state index in [1.807, 2.05) is 6.07 Å². The lowest BCUT2D eigenvalue weighted by Gasteiger charge is -2.32. The molecular weight excluding hydrogens is 369 g/mol. The second-order valence-electron chi connectivity index (χ2n) is 7.08. The molecule has 1 aliphatic rings. The highest BCUT2D eigenvalue weighted by Crippen LogP contribution is 2.29. The normalized spacial score (nSPS) is 17.0. The Balaban J connectivity index is 1.56. The lowest BCUT2D eigenvalue weighted by Crippen LogP contribution is -2.41. The zero-order valence-corrected chi connectivity index (χ0v) is 15.9. The van der Waals surface area contributed by atoms with Crippen LogP contribution in [0.25, 0.3) is 11.1 Å². The van der Waals surface area contributed by atoms with Crippen molar-refractivity contribution >= 4 is 11.6 Å². The molecule has 6 heteroatoms. The van der Waals surface area contributed by atoms with Gasteiger partial charge in [0.1, 0.15) is 24.3 Å². The summed E-state index contributed by atoms with van der Waals surface area (Å²) < 4.78 is 19.2. The SMILES string of the molecule is OCC1CCN(CC(O)COc2cc(Cl)cc(-c3cccc(F)c3)c2)CC1. The maximum absolute atomic E-state index is 13.5. The summed E-state index contributed by atoms with van der Waals surface area (Å²) in [6.45, 7) is 2.69. The van der Waals surface area contributed by atoms with Crippen LogP contribution in [0.2, 0.25) is 5.02 Å². The summed E-state index contributed by atoms with van der Waals surface area (Å²) in [6, 6.07) is 11.5. The molecule has 0 saturated carbocycles. The third-order valence-electron chi connectivity index (χ3n) is 4.91. The molecule has 2 aromatic rings. The first-order valence-corrected chi connectivity index (χ1v) is 9.62. The fourth-order valence-electron chi connectivity index (χ4n) is 3.38. The van der Waals surface area contributed by atoms with Gasteiger partial charge in [-0.25, -0.2) is 4.39 Å². The van der Waals surface area contributed by atoms with Crippen molar-refractivity contribution in [3.05, 3.63) is 53.3 Å². The fourth-order valence-corrected chi connectivity index (χ4v) is 3.60. The molecule has 1 fully saturated rings. The van der Waals surface area contributed by atoms with Crippen LogP contribution >= 0.6 is 11.6 Å². The van der Waals surface area contributed by atoms with E-state index in [-0.39, 0.29) is 19.0 Å². The Kier molecular flexibility index (Phi) is 7.07. The van der Waals surface area contributed by atoms with E-state index in [1.165, 1.54) is 12.1 Å². The lowest BCUT2D eigenvalue weighted by molar-refractivity contribution is 0.0489. The number of halogens is 2. The van der Waals surface area contributed by atoms with E-state index in [9.17, 15) is 14.6 Å². The van der Waals surface area contributed by atoms with Crippen LogP contribution < -0.4 is 4.74 Å². The van der Waals surface area contributed by atoms with Crippen LogP contribution in [0.15, 0.2) is 42.5 Å². The van der Waals surface area contributed by atoms with Gasteiger partial charge in [-0.2, -0.15) is 0 Å². The summed E-state index contributed by atoms with van der Waals surface area (Å²) in [5.41, 5.74) is 1.48. The maximum Gasteiger partial charge on any atom is 0.123 e. The third kappa shape index (κ3) is 5.91. The summed E-state index contributed by atoms with van der Waals surface area (Å²) in [7, 11) is 0. The van der Waals surface area contributed by atoms with Gasteiger partial charge >= 0.3 is 0 Å². The summed E-state index contributed by atoms with van der Waals surface area (Å²) in [4.78, 5) is 2.19. The average molecular weight is 394 g/mol. The highest BCUT2D eigenvalue weighted by molar-refractivity contribution is 6.31. The molecule has 0 bridgehead atoms. The van der Waals surface area contributed by atoms with Gasteiger partial charge in [-0.1, -0.05) is 23.7 Å². The first-order chi connectivity index (χ1) is 13.0. The fraction of sp³-hybridized carbons (Fsp3) is 0.429. The molecule has 0 radical (unpaired) electrons. The number of hydrogen-bond acceptors (Lipinski definition) is 4. The number of β-amino-alcohol motifs (C(OH)–C–C–N with tert-alkyl or cyclic N) is 1. The second kappa shape index (κ2) is 9.51. The largest absolute Gasteiger partial charge is 0.491 e. The van der Waals surface area contributed by atoms with E-state index in [1.54, 1.807) is 24.3 Å². The van der Waals surface area contributed by atoms with E-state index in [2.05, 4.69) is 4.90 Å². The number of aliphatic hydroxyl groups excluding tert-OH is 2. The molecule has 146 valence electrons. The second-order valence-corrected chi connectivity index (χ2v) is 7.51. The third-order valence-corrected chi connectivity index (χ3v) is 5.12. The van der Waals surface area contributed by atoms with Crippen molar-refractivity contribution in [2.75, 3.05) is 32.8 Å². The predicted molar refractivity (Wildman–Crippen MR) is 105 cm³/mol. The van der Waals surface area contributed by atoms with E-state index in [4.69, 9.17) is 16.3 Å². The van der Waals surface area contributed by atoms with E-state index in [0.717, 1.165) is 37.1 Å². The Morgan fingerprint density at radius 3 is 2.63 bits per heavy atom. The summed E-state index contributed by atoms with van der Waals surface area (Å²) in [6.07, 6.45) is 1.29. The van der Waals surface area contributed by atoms with Gasteiger partial charge in [-0.3, -0.25) is 0 Å². The molecule has 1 heterocycles. The molecule has 1 saturated heterocycles. The molecular formula is C21H25ClFNO3. The van der Waals surface area contributed by atoms with Crippen molar-refractivity contribution in [2.45, 2.75) is 18.9 Å².